The summed E-state index contributed by atoms with van der Waals surface area (Å²) in [6.45, 7) is 3.43. The van der Waals surface area contributed by atoms with Crippen LogP contribution < -0.4 is 16.0 Å². The fourth-order valence-electron chi connectivity index (χ4n) is 4.63. The van der Waals surface area contributed by atoms with Gasteiger partial charge in [0, 0.05) is 23.2 Å². The molecule has 3 heterocycles. The van der Waals surface area contributed by atoms with Gasteiger partial charge in [-0.15, -0.1) is 11.3 Å². The third-order valence-electron chi connectivity index (χ3n) is 6.48. The lowest BCUT2D eigenvalue weighted by molar-refractivity contribution is -0.0752. The molecule has 0 unspecified atom stereocenters. The summed E-state index contributed by atoms with van der Waals surface area (Å²) in [5.41, 5.74) is 1.52. The minimum atomic E-state index is -0.455. The minimum absolute atomic E-state index is 0.00213. The summed E-state index contributed by atoms with van der Waals surface area (Å²) in [5, 5.41) is 2.47. The number of fused-ring (bicyclic) bond motifs is 1. The highest BCUT2D eigenvalue weighted by Gasteiger charge is 2.26. The molecule has 4 aromatic rings. The maximum absolute atomic E-state index is 13.9. The van der Waals surface area contributed by atoms with Crippen molar-refractivity contribution in [2.75, 3.05) is 20.3 Å². The van der Waals surface area contributed by atoms with E-state index in [1.54, 1.807) is 23.8 Å². The van der Waals surface area contributed by atoms with Crippen LogP contribution in [0.25, 0.3) is 15.9 Å². The van der Waals surface area contributed by atoms with Crippen molar-refractivity contribution in [2.24, 2.45) is 0 Å². The van der Waals surface area contributed by atoms with Crippen LogP contribution in [0.2, 0.25) is 0 Å². The van der Waals surface area contributed by atoms with Gasteiger partial charge in [0.25, 0.3) is 5.56 Å². The quantitative estimate of drug-likeness (QED) is 0.304. The summed E-state index contributed by atoms with van der Waals surface area (Å²) in [6, 6.07) is 14.9. The van der Waals surface area contributed by atoms with E-state index in [9.17, 15) is 9.59 Å². The molecule has 36 heavy (non-hydrogen) atoms. The van der Waals surface area contributed by atoms with Gasteiger partial charge in [0.15, 0.2) is 0 Å². The monoisotopic (exact) mass is 570 g/mol. The lowest BCUT2D eigenvalue weighted by Crippen LogP contribution is -2.40. The fourth-order valence-corrected chi connectivity index (χ4v) is 5.95. The second kappa shape index (κ2) is 10.7. The van der Waals surface area contributed by atoms with Crippen LogP contribution in [-0.4, -0.2) is 35.6 Å². The first kappa shape index (κ1) is 25.0. The van der Waals surface area contributed by atoms with Crippen LogP contribution in [0.5, 0.6) is 5.75 Å². The Morgan fingerprint density at radius 1 is 1.11 bits per heavy atom. The maximum atomic E-state index is 13.9. The molecule has 188 valence electrons. The van der Waals surface area contributed by atoms with Crippen LogP contribution in [0, 0.1) is 6.92 Å². The van der Waals surface area contributed by atoms with E-state index >= 15 is 0 Å². The van der Waals surface area contributed by atoms with E-state index in [4.69, 9.17) is 14.2 Å². The van der Waals surface area contributed by atoms with Gasteiger partial charge in [-0.1, -0.05) is 34.1 Å². The van der Waals surface area contributed by atoms with Crippen LogP contribution >= 0.6 is 27.3 Å². The largest absolute Gasteiger partial charge is 0.496 e. The molecule has 5 rings (SSSR count). The number of nitrogens with zero attached hydrogens (tertiary/aromatic N) is 2. The topological polar surface area (TPSA) is 71.7 Å². The molecule has 2 aromatic carbocycles. The SMILES string of the molecule is COc1ccccc1[C@H](Cn1c(=O)n(-c2ccc(Br)cc2)c(=O)c2c(C)csc21)OC1CCOCC1. The van der Waals surface area contributed by atoms with Crippen LogP contribution in [0.15, 0.2) is 68.0 Å². The second-order valence-electron chi connectivity index (χ2n) is 8.79. The third kappa shape index (κ3) is 4.80. The van der Waals surface area contributed by atoms with Gasteiger partial charge >= 0.3 is 5.69 Å². The Kier molecular flexibility index (Phi) is 7.43. The molecule has 0 radical (unpaired) electrons. The van der Waals surface area contributed by atoms with E-state index in [0.717, 1.165) is 28.4 Å². The zero-order valence-electron chi connectivity index (χ0n) is 20.1. The number of aryl methyl sites for hydroxylation is 1. The Labute approximate surface area is 221 Å². The van der Waals surface area contributed by atoms with Gasteiger partial charge in [-0.2, -0.15) is 0 Å². The van der Waals surface area contributed by atoms with Gasteiger partial charge in [0.05, 0.1) is 30.8 Å². The first-order chi connectivity index (χ1) is 17.5. The Balaban J connectivity index is 1.67. The highest BCUT2D eigenvalue weighted by atomic mass is 79.9. The third-order valence-corrected chi connectivity index (χ3v) is 8.13. The minimum Gasteiger partial charge on any atom is -0.496 e. The van der Waals surface area contributed by atoms with Gasteiger partial charge < -0.3 is 14.2 Å². The van der Waals surface area contributed by atoms with Crippen molar-refractivity contribution in [1.29, 1.82) is 0 Å². The van der Waals surface area contributed by atoms with Crippen molar-refractivity contribution in [1.82, 2.24) is 9.13 Å². The summed E-state index contributed by atoms with van der Waals surface area (Å²) >= 11 is 4.83. The lowest BCUT2D eigenvalue weighted by atomic mass is 10.1. The molecule has 1 saturated heterocycles. The molecule has 0 bridgehead atoms. The number of halogens is 1. The number of rotatable bonds is 7. The average molecular weight is 571 g/mol. The van der Waals surface area contributed by atoms with Crippen molar-refractivity contribution < 1.29 is 14.2 Å². The molecule has 7 nitrogen and oxygen atoms in total. The number of hydrogen-bond donors (Lipinski definition) is 0. The zero-order valence-corrected chi connectivity index (χ0v) is 22.5. The molecule has 1 atom stereocenters. The predicted molar refractivity (Wildman–Crippen MR) is 145 cm³/mol. The van der Waals surface area contributed by atoms with Crippen molar-refractivity contribution in [3.63, 3.8) is 0 Å². The molecule has 0 spiro atoms. The number of ether oxygens (including phenoxy) is 3. The number of para-hydroxylation sites is 1. The normalized spacial score (nSPS) is 15.3. The van der Waals surface area contributed by atoms with Gasteiger partial charge in [0.2, 0.25) is 0 Å². The zero-order chi connectivity index (χ0) is 25.2. The second-order valence-corrected chi connectivity index (χ2v) is 10.6. The molecule has 0 aliphatic carbocycles. The standard InChI is InChI=1S/C27H27BrN2O5S/c1-17-16-36-26-24(17)25(31)30(19-9-7-18(28)8-10-19)27(32)29(26)15-23(35-20-11-13-34-14-12-20)21-5-3-4-6-22(21)33-2/h3-10,16,20,23H,11-15H2,1-2H3/t23-/m0/s1. The van der Waals surface area contributed by atoms with Crippen molar-refractivity contribution in [3.05, 3.63) is 90.3 Å². The van der Waals surface area contributed by atoms with Crippen LogP contribution in [0.1, 0.15) is 30.1 Å². The summed E-state index contributed by atoms with van der Waals surface area (Å²) in [6.07, 6.45) is 1.12. The molecular weight excluding hydrogens is 544 g/mol. The molecule has 1 aliphatic heterocycles. The van der Waals surface area contributed by atoms with Gasteiger partial charge in [-0.25, -0.2) is 9.36 Å². The molecule has 0 amide bonds. The number of aromatic nitrogens is 2. The predicted octanol–water partition coefficient (Wildman–Crippen LogP) is 5.23. The number of hydrogen-bond acceptors (Lipinski definition) is 6. The Bertz CT molecular complexity index is 1490. The molecule has 0 saturated carbocycles. The maximum Gasteiger partial charge on any atom is 0.336 e. The summed E-state index contributed by atoms with van der Waals surface area (Å²) in [7, 11) is 1.63. The first-order valence-electron chi connectivity index (χ1n) is 11.8. The summed E-state index contributed by atoms with van der Waals surface area (Å²) < 4.78 is 21.6. The van der Waals surface area contributed by atoms with Crippen molar-refractivity contribution in [2.45, 2.75) is 38.5 Å². The highest BCUT2D eigenvalue weighted by molar-refractivity contribution is 9.10. The van der Waals surface area contributed by atoms with E-state index in [2.05, 4.69) is 15.9 Å². The van der Waals surface area contributed by atoms with E-state index in [-0.39, 0.29) is 18.2 Å². The highest BCUT2D eigenvalue weighted by Crippen LogP contribution is 2.33. The van der Waals surface area contributed by atoms with Crippen molar-refractivity contribution >= 4 is 37.5 Å². The van der Waals surface area contributed by atoms with Crippen molar-refractivity contribution in [3.8, 4) is 11.4 Å². The van der Waals surface area contributed by atoms with E-state index < -0.39 is 11.8 Å². The molecular formula is C27H27BrN2O5S. The molecule has 1 aliphatic rings. The smallest absolute Gasteiger partial charge is 0.336 e. The van der Waals surface area contributed by atoms with Crippen LogP contribution in [-0.2, 0) is 16.0 Å². The van der Waals surface area contributed by atoms with Gasteiger partial charge in [0.1, 0.15) is 16.7 Å². The average Bonchev–Trinajstić information content (AvgIpc) is 3.29. The number of thiophene rings is 1. The fraction of sp³-hybridized carbons (Fsp3) is 0.333. The number of benzene rings is 2. The Hall–Kier alpha value is -2.72. The van der Waals surface area contributed by atoms with E-state index in [1.165, 1.54) is 15.9 Å². The first-order valence-corrected chi connectivity index (χ1v) is 13.5. The van der Waals surface area contributed by atoms with Crippen LogP contribution in [0.4, 0.5) is 0 Å². The Morgan fingerprint density at radius 2 is 1.83 bits per heavy atom. The number of methoxy groups -OCH3 is 1. The van der Waals surface area contributed by atoms with E-state index in [0.29, 0.717) is 34.9 Å². The van der Waals surface area contributed by atoms with E-state index in [1.807, 2.05) is 48.7 Å². The van der Waals surface area contributed by atoms with Gasteiger partial charge in [-0.05, 0) is 61.0 Å². The molecule has 2 aromatic heterocycles. The van der Waals surface area contributed by atoms with Crippen LogP contribution in [0.3, 0.4) is 0 Å². The Morgan fingerprint density at radius 3 is 2.56 bits per heavy atom. The molecule has 9 heteroatoms. The van der Waals surface area contributed by atoms with Gasteiger partial charge in [-0.3, -0.25) is 9.36 Å². The molecule has 1 fully saturated rings. The lowest BCUT2D eigenvalue weighted by Gasteiger charge is -2.29. The molecule has 0 N–H and O–H groups in total. The summed E-state index contributed by atoms with van der Waals surface area (Å²) in [4.78, 5) is 28.1. The summed E-state index contributed by atoms with van der Waals surface area (Å²) in [5.74, 6) is 0.697.